The maximum atomic E-state index is 12.9. The monoisotopic (exact) mass is 511 g/mol. The van der Waals surface area contributed by atoms with Crippen LogP contribution in [0.4, 0.5) is 5.69 Å². The van der Waals surface area contributed by atoms with E-state index in [1.165, 1.54) is 36.4 Å². The molecule has 2 aromatic carbocycles. The zero-order chi connectivity index (χ0) is 27.0. The van der Waals surface area contributed by atoms with Gasteiger partial charge >= 0.3 is 5.97 Å². The van der Waals surface area contributed by atoms with Crippen LogP contribution in [0.5, 0.6) is 0 Å². The van der Waals surface area contributed by atoms with Crippen LogP contribution < -0.4 is 10.7 Å². The minimum Gasteiger partial charge on any atom is -0.478 e. The Hall–Kier alpha value is -5.19. The summed E-state index contributed by atoms with van der Waals surface area (Å²) in [5.41, 5.74) is 1.94. The highest BCUT2D eigenvalue weighted by atomic mass is 16.4. The first-order valence-corrected chi connectivity index (χ1v) is 11.7. The van der Waals surface area contributed by atoms with Gasteiger partial charge < -0.3 is 14.8 Å². The number of hydrogen-bond acceptors (Lipinski definition) is 8. The van der Waals surface area contributed by atoms with Crippen LogP contribution in [0.25, 0.3) is 33.4 Å². The number of amides is 1. The second-order valence-electron chi connectivity index (χ2n) is 8.94. The van der Waals surface area contributed by atoms with E-state index < -0.39 is 11.9 Å². The highest BCUT2D eigenvalue weighted by Crippen LogP contribution is 2.42. The molecular weight excluding hydrogens is 490 g/mol. The van der Waals surface area contributed by atoms with Crippen LogP contribution in [-0.2, 0) is 6.54 Å². The number of carboxylic acids is 1. The molecule has 11 nitrogen and oxygen atoms in total. The number of carbonyl (C=O) groups excluding carboxylic acids is 1. The Kier molecular flexibility index (Phi) is 6.25. The molecule has 0 spiro atoms. The summed E-state index contributed by atoms with van der Waals surface area (Å²) < 4.78 is 7.53. The van der Waals surface area contributed by atoms with E-state index >= 15 is 0 Å². The van der Waals surface area contributed by atoms with Crippen LogP contribution in [0.2, 0.25) is 0 Å². The largest absolute Gasteiger partial charge is 0.478 e. The summed E-state index contributed by atoms with van der Waals surface area (Å²) in [5, 5.41) is 24.3. The predicted molar refractivity (Wildman–Crippen MR) is 139 cm³/mol. The zero-order valence-electron chi connectivity index (χ0n) is 20.3. The molecule has 0 atom stereocenters. The van der Waals surface area contributed by atoms with Gasteiger partial charge in [0.05, 0.1) is 18.3 Å². The average Bonchev–Trinajstić information content (AvgIpc) is 3.39. The van der Waals surface area contributed by atoms with E-state index in [-0.39, 0.29) is 46.2 Å². The number of rotatable bonds is 7. The number of aromatic carboxylic acids is 1. The van der Waals surface area contributed by atoms with Crippen LogP contribution >= 0.6 is 0 Å². The number of nitrogens with one attached hydrogen (secondary N) is 1. The van der Waals surface area contributed by atoms with Gasteiger partial charge in [-0.2, -0.15) is 0 Å². The summed E-state index contributed by atoms with van der Waals surface area (Å²) >= 11 is 0. The van der Waals surface area contributed by atoms with Crippen molar-refractivity contribution < 1.29 is 19.1 Å². The van der Waals surface area contributed by atoms with Crippen molar-refractivity contribution in [2.75, 3.05) is 0 Å². The summed E-state index contributed by atoms with van der Waals surface area (Å²) in [6, 6.07) is 13.2. The second kappa shape index (κ2) is 9.69. The summed E-state index contributed by atoms with van der Waals surface area (Å²) in [7, 11) is 0. The molecule has 11 heteroatoms. The second-order valence-corrected chi connectivity index (χ2v) is 8.94. The van der Waals surface area contributed by atoms with Gasteiger partial charge in [0.15, 0.2) is 5.43 Å². The molecule has 2 heterocycles. The van der Waals surface area contributed by atoms with Crippen molar-refractivity contribution in [2.45, 2.75) is 26.4 Å². The van der Waals surface area contributed by atoms with Crippen LogP contribution in [0.3, 0.4) is 0 Å². The number of carbonyl (C=O) groups is 2. The smallest absolute Gasteiger partial charge is 0.336 e. The van der Waals surface area contributed by atoms with Crippen molar-refractivity contribution in [2.24, 2.45) is 5.18 Å². The molecule has 3 aromatic rings. The molecule has 38 heavy (non-hydrogen) atoms. The number of carboxylic acid groups (broad SMARTS) is 1. The van der Waals surface area contributed by atoms with E-state index in [2.05, 4.69) is 20.8 Å². The number of hydrogen-bond donors (Lipinski definition) is 2. The first-order chi connectivity index (χ1) is 18.2. The molecule has 1 amide bonds. The fourth-order valence-corrected chi connectivity index (χ4v) is 4.21. The van der Waals surface area contributed by atoms with Gasteiger partial charge in [0.1, 0.15) is 22.7 Å². The minimum absolute atomic E-state index is 0.115. The van der Waals surface area contributed by atoms with Gasteiger partial charge in [-0.05, 0) is 61.0 Å². The summed E-state index contributed by atoms with van der Waals surface area (Å²) in [6.07, 6.45) is 1.73. The van der Waals surface area contributed by atoms with Crippen molar-refractivity contribution in [3.8, 4) is 22.5 Å². The first kappa shape index (κ1) is 24.5. The summed E-state index contributed by atoms with van der Waals surface area (Å²) in [5.74, 6) is -1.51. The van der Waals surface area contributed by atoms with Gasteiger partial charge in [-0.25, -0.2) is 9.48 Å². The fraction of sp³-hybridized carbons (Fsp3) is 0.148. The van der Waals surface area contributed by atoms with Gasteiger partial charge in [0, 0.05) is 40.3 Å². The van der Waals surface area contributed by atoms with Gasteiger partial charge in [-0.15, -0.1) is 10.0 Å². The molecule has 1 aromatic heterocycles. The van der Waals surface area contributed by atoms with Gasteiger partial charge in [0.25, 0.3) is 5.91 Å². The molecule has 5 rings (SSSR count). The first-order valence-electron chi connectivity index (χ1n) is 11.7. The van der Waals surface area contributed by atoms with E-state index in [1.54, 1.807) is 29.1 Å². The number of aromatic nitrogens is 3. The Bertz CT molecular complexity index is 1750. The highest BCUT2D eigenvalue weighted by molar-refractivity contribution is 6.09. The Morgan fingerprint density at radius 1 is 1.08 bits per heavy atom. The third-order valence-electron chi connectivity index (χ3n) is 6.08. The summed E-state index contributed by atoms with van der Waals surface area (Å²) in [4.78, 5) is 48.3. The van der Waals surface area contributed by atoms with Crippen LogP contribution in [0.1, 0.15) is 46.3 Å². The lowest BCUT2D eigenvalue weighted by Crippen LogP contribution is -2.23. The Morgan fingerprint density at radius 3 is 2.58 bits per heavy atom. The van der Waals surface area contributed by atoms with Crippen molar-refractivity contribution in [1.82, 2.24) is 20.3 Å². The van der Waals surface area contributed by atoms with Gasteiger partial charge in [-0.1, -0.05) is 11.3 Å². The van der Waals surface area contributed by atoms with Crippen LogP contribution in [-0.4, -0.2) is 32.0 Å². The molecule has 0 unspecified atom stereocenters. The number of fused-ring (bicyclic) bond motifs is 2. The van der Waals surface area contributed by atoms with Crippen molar-refractivity contribution in [1.29, 1.82) is 0 Å². The maximum absolute atomic E-state index is 12.9. The highest BCUT2D eigenvalue weighted by Gasteiger charge is 2.23. The van der Waals surface area contributed by atoms with Crippen LogP contribution in [0, 0.1) is 4.91 Å². The zero-order valence-corrected chi connectivity index (χ0v) is 20.3. The molecule has 2 N–H and O–H groups in total. The average molecular weight is 511 g/mol. The molecule has 190 valence electrons. The lowest BCUT2D eigenvalue weighted by atomic mass is 9.89. The third-order valence-corrected chi connectivity index (χ3v) is 6.08. The topological polar surface area (TPSA) is 157 Å². The van der Waals surface area contributed by atoms with E-state index in [1.807, 2.05) is 13.8 Å². The van der Waals surface area contributed by atoms with E-state index in [0.29, 0.717) is 27.8 Å². The SMILES string of the molecule is CC(C)n1cc(CNC(=O)c2ccc(-c3c4ccc(=O)cc-4oc4cc(N=O)ccc34)c(C(=O)O)c2)nn1. The molecular formula is C27H21N5O6. The molecule has 1 aliphatic heterocycles. The minimum atomic E-state index is -1.25. The van der Waals surface area contributed by atoms with Crippen molar-refractivity contribution in [3.05, 3.63) is 92.7 Å². The van der Waals surface area contributed by atoms with E-state index in [9.17, 15) is 24.4 Å². The summed E-state index contributed by atoms with van der Waals surface area (Å²) in [6.45, 7) is 4.03. The molecule has 1 aliphatic carbocycles. The number of nitroso groups, excluding NO2 is 1. The molecule has 0 saturated heterocycles. The number of nitrogens with zero attached hydrogens (tertiary/aromatic N) is 4. The normalized spacial score (nSPS) is 11.2. The van der Waals surface area contributed by atoms with Gasteiger partial charge in [0.2, 0.25) is 0 Å². The molecule has 0 saturated carbocycles. The standard InChI is InChI=1S/C27H21N5O6/c1-14(2)32-13-17(29-31-32)12-28-26(34)15-3-6-19(22(9-15)27(35)36)25-20-7-4-16(30-37)10-23(20)38-24-11-18(33)5-8-21(24)25/h3-11,13-14H,12H2,1-2H3,(H,28,34)(H,35,36). The fourth-order valence-electron chi connectivity index (χ4n) is 4.21. The molecule has 0 fully saturated rings. The Balaban J connectivity index is 1.59. The number of benzene rings is 3. The third kappa shape index (κ3) is 4.52. The quantitative estimate of drug-likeness (QED) is 0.234. The van der Waals surface area contributed by atoms with E-state index in [4.69, 9.17) is 4.42 Å². The molecule has 2 aliphatic rings. The molecule has 0 bridgehead atoms. The van der Waals surface area contributed by atoms with E-state index in [0.717, 1.165) is 0 Å². The Morgan fingerprint density at radius 2 is 1.87 bits per heavy atom. The van der Waals surface area contributed by atoms with Gasteiger partial charge in [-0.3, -0.25) is 9.59 Å². The van der Waals surface area contributed by atoms with Crippen molar-refractivity contribution in [3.63, 3.8) is 0 Å². The maximum Gasteiger partial charge on any atom is 0.336 e. The Labute approximate surface area is 215 Å². The molecule has 0 radical (unpaired) electrons. The van der Waals surface area contributed by atoms with Crippen molar-refractivity contribution >= 4 is 28.5 Å². The predicted octanol–water partition coefficient (Wildman–Crippen LogP) is 4.76. The lowest BCUT2D eigenvalue weighted by molar-refractivity contribution is 0.0697. The van der Waals surface area contributed by atoms with Crippen LogP contribution in [0.15, 0.2) is 75.2 Å². The lowest BCUT2D eigenvalue weighted by Gasteiger charge is -2.17.